The molecule has 0 bridgehead atoms. The zero-order valence-electron chi connectivity index (χ0n) is 73.3. The third kappa shape index (κ3) is 22.7. The molecule has 0 spiro atoms. The van der Waals surface area contributed by atoms with E-state index in [1.807, 2.05) is 88.4 Å². The average Bonchev–Trinajstić information content (AvgIpc) is 1.65. The van der Waals surface area contributed by atoms with Crippen molar-refractivity contribution in [3.05, 3.63) is 177 Å². The normalized spacial score (nSPS) is 17.0. The average molecular weight is 1630 g/mol. The Morgan fingerprint density at radius 2 is 0.843 bits per heavy atom. The Balaban J connectivity index is 0.000000284. The van der Waals surface area contributed by atoms with Crippen molar-refractivity contribution < 1.29 is 65.9 Å². The van der Waals surface area contributed by atoms with Crippen LogP contribution in [0.15, 0.2) is 109 Å². The van der Waals surface area contributed by atoms with E-state index in [1.165, 1.54) is 0 Å². The molecule has 2 heterocycles. The largest absolute Gasteiger partial charge is 0.541 e. The van der Waals surface area contributed by atoms with E-state index in [0.717, 1.165) is 105 Å². The number of morpholine rings is 2. The van der Waals surface area contributed by atoms with Gasteiger partial charge in [-0.1, -0.05) is 173 Å². The molecule has 0 radical (unpaired) electrons. The van der Waals surface area contributed by atoms with E-state index in [2.05, 4.69) is 180 Å². The van der Waals surface area contributed by atoms with Crippen molar-refractivity contribution in [3.8, 4) is 56.8 Å². The summed E-state index contributed by atoms with van der Waals surface area (Å²) in [6, 6.07) is 35.7. The number of ether oxygens (including phenoxy) is 8. The van der Waals surface area contributed by atoms with Gasteiger partial charge >= 0.3 is 12.2 Å². The zero-order valence-corrected chi connectivity index (χ0v) is 76.3. The molecule has 2 fully saturated rings. The van der Waals surface area contributed by atoms with Crippen LogP contribution >= 0.6 is 0 Å². The van der Waals surface area contributed by atoms with Crippen molar-refractivity contribution >= 4 is 37.1 Å². The molecule has 3 unspecified atom stereocenters. The van der Waals surface area contributed by atoms with Crippen LogP contribution in [0.3, 0.4) is 0 Å². The van der Waals surface area contributed by atoms with Gasteiger partial charge in [0, 0.05) is 86.3 Å². The second kappa shape index (κ2) is 41.0. The maximum Gasteiger partial charge on any atom is 0.407 e. The van der Waals surface area contributed by atoms with Gasteiger partial charge in [-0.2, -0.15) is 0 Å². The SMILES string of the molecule is CC.[C-]#[N+]C(C(Cc1cc(O[Si](C)(C)C(C)(C)C)c(OC)c(C)c1OC)NC(=O)OCC1c2ccccc2-c2ccccc21)N1CCO[C@@H](CCCCO[Si](C)(C)C(C)(C)C)C1.[C-]#[N+][C@H](C(Cc1cc(O[Si](C)(C)C(C)(C)C)c(OC)c(C)c1OC)NC(=O)OCC1c2ccccc2-c2ccccc21)N1CCO[C@@H](CCCCO)C1. The summed E-state index contributed by atoms with van der Waals surface area (Å²) in [5.74, 6) is 3.56. The number of unbranched alkanes of at least 4 members (excludes halogenated alkanes) is 2. The standard InChI is InChI=1S/C48H71N3O7Si2.C42H57N3O7Si.C2H6/c1-33-43(53-9)34(30-42(44(33)54-10)58-60(13,14)48(5,6)7)29-41(50-46(52)56-32-40-38-24-17-15-22-36(38)37-23-16-18-25-39(37)40)45(49-8)51-26-28-55-35(31-51)21-19-20-27-57-59(11,12)47(2,3)4;1-28-38(48-6)29(25-37(39(28)49-7)52-53(8,9)42(2,3)4)24-36(40(43-5)45-21-23-50-30(26-45)16-14-15-22-46)44-41(47)51-27-35-33-19-12-10-17-31(33)32-18-11-13-20-34(32)35;1-2/h15-18,22-25,30,35,40-41,45H,19-21,26-29,31-32H2,1-7,9-14H3,(H,50,52);10-13,17-20,25,30,35-36,40,46H,14-16,21-24,26-27H2,1-4,6-9H3,(H,44,47);1-2H3/t35-,41?,45?;30-,36?,40-;/m00./s1. The molecule has 2 aliphatic heterocycles. The van der Waals surface area contributed by atoms with E-state index in [4.69, 9.17) is 64.3 Å². The maximum atomic E-state index is 14.1. The predicted molar refractivity (Wildman–Crippen MR) is 468 cm³/mol. The van der Waals surface area contributed by atoms with Gasteiger partial charge in [-0.25, -0.2) is 32.5 Å². The van der Waals surface area contributed by atoms with Gasteiger partial charge in [0.2, 0.25) is 0 Å². The van der Waals surface area contributed by atoms with Crippen molar-refractivity contribution in [1.29, 1.82) is 0 Å². The fraction of sp³-hybridized carbons (Fsp3) is 0.565. The summed E-state index contributed by atoms with van der Waals surface area (Å²) in [4.78, 5) is 40.6. The number of carbonyl (C=O) groups is 2. The van der Waals surface area contributed by atoms with Crippen LogP contribution in [0.2, 0.25) is 54.4 Å². The summed E-state index contributed by atoms with van der Waals surface area (Å²) in [6.45, 7) is 62.8. The molecule has 3 N–H and O–H groups in total. The van der Waals surface area contributed by atoms with Crippen LogP contribution in [-0.2, 0) is 36.2 Å². The molecule has 4 aliphatic rings. The first-order chi connectivity index (χ1) is 54.5. The number of hydrogen-bond donors (Lipinski definition) is 3. The molecule has 0 saturated carbocycles. The lowest BCUT2D eigenvalue weighted by atomic mass is 9.98. The molecule has 6 aromatic carbocycles. The molecule has 23 heteroatoms. The van der Waals surface area contributed by atoms with E-state index in [-0.39, 0.29) is 65.4 Å². The van der Waals surface area contributed by atoms with Crippen LogP contribution in [-0.4, -0.2) is 183 Å². The molecule has 2 saturated heterocycles. The molecule has 2 aliphatic carbocycles. The minimum Gasteiger partial charge on any atom is -0.541 e. The summed E-state index contributed by atoms with van der Waals surface area (Å²) in [5, 5.41) is 15.7. The number of methoxy groups -OCH3 is 4. The van der Waals surface area contributed by atoms with E-state index in [9.17, 15) is 14.7 Å². The fourth-order valence-electron chi connectivity index (χ4n) is 15.2. The van der Waals surface area contributed by atoms with Gasteiger partial charge in [0.15, 0.2) is 19.8 Å². The Morgan fingerprint density at radius 1 is 0.513 bits per heavy atom. The minimum absolute atomic E-state index is 0.0340. The molecule has 2 amide bonds. The maximum absolute atomic E-state index is 14.1. The number of rotatable bonds is 32. The molecule has 20 nitrogen and oxygen atoms in total. The van der Waals surface area contributed by atoms with Gasteiger partial charge in [0.25, 0.3) is 29.0 Å². The van der Waals surface area contributed by atoms with Gasteiger partial charge in [-0.3, -0.25) is 9.69 Å². The highest BCUT2D eigenvalue weighted by molar-refractivity contribution is 6.75. The Morgan fingerprint density at radius 3 is 1.16 bits per heavy atom. The molecule has 10 rings (SSSR count). The first kappa shape index (κ1) is 92.6. The van der Waals surface area contributed by atoms with Crippen LogP contribution in [0.25, 0.3) is 31.9 Å². The number of fused-ring (bicyclic) bond motifs is 6. The summed E-state index contributed by atoms with van der Waals surface area (Å²) < 4.78 is 68.5. The highest BCUT2D eigenvalue weighted by atomic mass is 28.4. The summed E-state index contributed by atoms with van der Waals surface area (Å²) >= 11 is 0. The molecule has 6 atom stereocenters. The van der Waals surface area contributed by atoms with Crippen molar-refractivity contribution in [2.75, 3.05) is 94.3 Å². The van der Waals surface area contributed by atoms with Crippen LogP contribution in [0, 0.1) is 27.0 Å². The fourth-order valence-corrected chi connectivity index (χ4v) is 18.3. The molecule has 115 heavy (non-hydrogen) atoms. The number of nitrogens with one attached hydrogen (secondary N) is 2. The van der Waals surface area contributed by atoms with Crippen molar-refractivity contribution in [3.63, 3.8) is 0 Å². The lowest BCUT2D eigenvalue weighted by molar-refractivity contribution is -0.0461. The third-order valence-corrected chi connectivity index (χ3v) is 37.8. The highest BCUT2D eigenvalue weighted by Gasteiger charge is 2.46. The van der Waals surface area contributed by atoms with Crippen molar-refractivity contribution in [2.24, 2.45) is 0 Å². The summed E-state index contributed by atoms with van der Waals surface area (Å²) in [7, 11) is 0.161. The Labute approximate surface area is 691 Å². The van der Waals surface area contributed by atoms with Crippen molar-refractivity contribution in [2.45, 2.75) is 244 Å². The number of amides is 2. The smallest absolute Gasteiger partial charge is 0.407 e. The van der Waals surface area contributed by atoms with Crippen LogP contribution in [0.4, 0.5) is 9.59 Å². The molecule has 628 valence electrons. The Hall–Kier alpha value is -7.95. The van der Waals surface area contributed by atoms with E-state index < -0.39 is 61.6 Å². The second-order valence-electron chi connectivity index (χ2n) is 35.1. The van der Waals surface area contributed by atoms with E-state index in [1.54, 1.807) is 28.4 Å². The Bertz CT molecular complexity index is 4200. The number of alkyl carbamates (subject to hydrolysis) is 2. The van der Waals surface area contributed by atoms with E-state index >= 15 is 0 Å². The zero-order chi connectivity index (χ0) is 84.4. The topological polar surface area (TPSA) is 195 Å². The Kier molecular flexibility index (Phi) is 33.0. The first-order valence-electron chi connectivity index (χ1n) is 41.3. The quantitative estimate of drug-likeness (QED) is 0.0205. The number of nitrogens with zero attached hydrogens (tertiary/aromatic N) is 4. The number of carbonyl (C=O) groups excluding carboxylic acids is 2. The van der Waals surface area contributed by atoms with E-state index in [0.29, 0.717) is 86.7 Å². The lowest BCUT2D eigenvalue weighted by Gasteiger charge is -2.37. The van der Waals surface area contributed by atoms with Crippen LogP contribution in [0.5, 0.6) is 34.5 Å². The molecule has 0 aromatic heterocycles. The van der Waals surface area contributed by atoms with Gasteiger partial charge in [0.05, 0.1) is 53.9 Å². The number of hydrogen-bond acceptors (Lipinski definition) is 16. The molecular formula is C92H134N6O14Si3. The number of benzene rings is 6. The van der Waals surface area contributed by atoms with Crippen molar-refractivity contribution in [1.82, 2.24) is 20.4 Å². The summed E-state index contributed by atoms with van der Waals surface area (Å²) in [5.41, 5.74) is 12.4. The highest BCUT2D eigenvalue weighted by Crippen LogP contribution is 2.50. The van der Waals surface area contributed by atoms with Gasteiger partial charge in [-0.15, -0.1) is 0 Å². The minimum atomic E-state index is -2.29. The predicted octanol–water partition coefficient (Wildman–Crippen LogP) is 20.0. The van der Waals surface area contributed by atoms with Gasteiger partial charge in [-0.05, 0) is 163 Å². The van der Waals surface area contributed by atoms with Crippen LogP contribution < -0.4 is 38.4 Å². The second-order valence-corrected chi connectivity index (χ2v) is 49.4. The molecular weight excluding hydrogens is 1500 g/mol. The van der Waals surface area contributed by atoms with Gasteiger partial charge < -0.3 is 66.9 Å². The first-order valence-corrected chi connectivity index (χ1v) is 50.1. The lowest BCUT2D eigenvalue weighted by Crippen LogP contribution is -2.56. The molecule has 6 aromatic rings. The monoisotopic (exact) mass is 1630 g/mol. The number of aliphatic hydroxyl groups excluding tert-OH is 1. The number of aliphatic hydroxyl groups is 1. The third-order valence-electron chi connectivity index (χ3n) is 24.5. The van der Waals surface area contributed by atoms with Crippen LogP contribution in [0.1, 0.15) is 171 Å². The van der Waals surface area contributed by atoms with Gasteiger partial charge in [0.1, 0.15) is 48.3 Å². The summed E-state index contributed by atoms with van der Waals surface area (Å²) in [6.07, 6.45) is 3.03.